The van der Waals surface area contributed by atoms with E-state index in [1.54, 1.807) is 12.1 Å². The SMILES string of the molecule is O=c1[nH][nH]c2c1CSC1=C2CS(=O)(=O)c2ccccc21. The predicted molar refractivity (Wildman–Crippen MR) is 78.0 cm³/mol. The molecule has 2 aliphatic rings. The van der Waals surface area contributed by atoms with Gasteiger partial charge in [-0.15, -0.1) is 11.8 Å². The molecule has 0 unspecified atom stereocenters. The fourth-order valence-electron chi connectivity index (χ4n) is 2.70. The first-order chi connectivity index (χ1) is 9.58. The third kappa shape index (κ3) is 1.50. The minimum absolute atomic E-state index is 0.0624. The molecule has 4 rings (SSSR count). The summed E-state index contributed by atoms with van der Waals surface area (Å²) in [6.45, 7) is 0. The summed E-state index contributed by atoms with van der Waals surface area (Å²) >= 11 is 1.53. The minimum atomic E-state index is -3.35. The van der Waals surface area contributed by atoms with Crippen molar-refractivity contribution in [2.24, 2.45) is 0 Å². The van der Waals surface area contributed by atoms with E-state index in [0.29, 0.717) is 27.5 Å². The summed E-state index contributed by atoms with van der Waals surface area (Å²) in [7, 11) is -3.35. The molecular formula is C13H10N2O3S2. The van der Waals surface area contributed by atoms with Crippen LogP contribution in [0.15, 0.2) is 34.0 Å². The van der Waals surface area contributed by atoms with Crippen molar-refractivity contribution in [2.45, 2.75) is 10.6 Å². The van der Waals surface area contributed by atoms with Crippen LogP contribution in [0.25, 0.3) is 10.5 Å². The van der Waals surface area contributed by atoms with Gasteiger partial charge in [-0.05, 0) is 6.07 Å². The smallest absolute Gasteiger partial charge is 0.268 e. The Labute approximate surface area is 119 Å². The first-order valence-electron chi connectivity index (χ1n) is 6.06. The molecule has 2 N–H and O–H groups in total. The van der Waals surface area contributed by atoms with Gasteiger partial charge < -0.3 is 0 Å². The second-order valence-corrected chi connectivity index (χ2v) is 7.73. The molecule has 0 radical (unpaired) electrons. The number of rotatable bonds is 0. The fraction of sp³-hybridized carbons (Fsp3) is 0.154. The Bertz CT molecular complexity index is 919. The maximum Gasteiger partial charge on any atom is 0.268 e. The van der Waals surface area contributed by atoms with E-state index in [1.807, 2.05) is 12.1 Å². The van der Waals surface area contributed by atoms with E-state index in [0.717, 1.165) is 10.5 Å². The zero-order valence-corrected chi connectivity index (χ0v) is 11.9. The maximum absolute atomic E-state index is 12.4. The van der Waals surface area contributed by atoms with Crippen LogP contribution < -0.4 is 5.56 Å². The van der Waals surface area contributed by atoms with Gasteiger partial charge in [0.1, 0.15) is 0 Å². The third-order valence-electron chi connectivity index (χ3n) is 3.61. The number of sulfone groups is 1. The average Bonchev–Trinajstić information content (AvgIpc) is 2.81. The number of benzene rings is 1. The van der Waals surface area contributed by atoms with Gasteiger partial charge in [0.25, 0.3) is 5.56 Å². The molecule has 0 spiro atoms. The molecule has 0 amide bonds. The van der Waals surface area contributed by atoms with Crippen molar-refractivity contribution in [1.29, 1.82) is 0 Å². The van der Waals surface area contributed by atoms with Gasteiger partial charge in [0.2, 0.25) is 0 Å². The Hall–Kier alpha value is -1.73. The van der Waals surface area contributed by atoms with Gasteiger partial charge in [-0.2, -0.15) is 0 Å². The third-order valence-corrected chi connectivity index (χ3v) is 6.50. The molecule has 2 aromatic rings. The number of aromatic nitrogens is 2. The van der Waals surface area contributed by atoms with Gasteiger partial charge in [0, 0.05) is 21.8 Å². The van der Waals surface area contributed by atoms with E-state index in [2.05, 4.69) is 10.2 Å². The van der Waals surface area contributed by atoms with Gasteiger partial charge >= 0.3 is 0 Å². The fourth-order valence-corrected chi connectivity index (χ4v) is 5.71. The zero-order valence-electron chi connectivity index (χ0n) is 10.3. The summed E-state index contributed by atoms with van der Waals surface area (Å²) in [5, 5.41) is 5.36. The molecule has 0 saturated heterocycles. The van der Waals surface area contributed by atoms with Crippen LogP contribution in [0.2, 0.25) is 0 Å². The summed E-state index contributed by atoms with van der Waals surface area (Å²) in [4.78, 5) is 13.0. The predicted octanol–water partition coefficient (Wildman–Crippen LogP) is 1.61. The first-order valence-corrected chi connectivity index (χ1v) is 8.70. The van der Waals surface area contributed by atoms with Crippen LogP contribution in [0, 0.1) is 0 Å². The number of fused-ring (bicyclic) bond motifs is 4. The number of thioether (sulfide) groups is 1. The van der Waals surface area contributed by atoms with Crippen LogP contribution in [0.1, 0.15) is 16.8 Å². The molecule has 20 heavy (non-hydrogen) atoms. The molecule has 0 fully saturated rings. The number of aromatic amines is 2. The monoisotopic (exact) mass is 306 g/mol. The molecule has 1 aromatic carbocycles. The van der Waals surface area contributed by atoms with Gasteiger partial charge in [0.15, 0.2) is 9.84 Å². The topological polar surface area (TPSA) is 82.8 Å². The average molecular weight is 306 g/mol. The molecular weight excluding hydrogens is 296 g/mol. The van der Waals surface area contributed by atoms with Crippen molar-refractivity contribution in [3.8, 4) is 0 Å². The Morgan fingerprint density at radius 3 is 2.80 bits per heavy atom. The van der Waals surface area contributed by atoms with Crippen molar-refractivity contribution in [3.63, 3.8) is 0 Å². The molecule has 3 heterocycles. The summed E-state index contributed by atoms with van der Waals surface area (Å²) in [5.74, 6) is 0.495. The lowest BCUT2D eigenvalue weighted by Gasteiger charge is -2.25. The summed E-state index contributed by atoms with van der Waals surface area (Å²) < 4.78 is 24.8. The van der Waals surface area contributed by atoms with E-state index < -0.39 is 9.84 Å². The van der Waals surface area contributed by atoms with Gasteiger partial charge in [-0.1, -0.05) is 18.2 Å². The lowest BCUT2D eigenvalue weighted by Crippen LogP contribution is -2.19. The quantitative estimate of drug-likeness (QED) is 0.774. The molecule has 0 bridgehead atoms. The summed E-state index contributed by atoms with van der Waals surface area (Å²) in [6.07, 6.45) is 0. The number of H-pyrrole nitrogens is 2. The Balaban J connectivity index is 2.08. The lowest BCUT2D eigenvalue weighted by atomic mass is 10.1. The molecule has 7 heteroatoms. The van der Waals surface area contributed by atoms with Crippen molar-refractivity contribution in [3.05, 3.63) is 51.4 Å². The maximum atomic E-state index is 12.4. The van der Waals surface area contributed by atoms with Gasteiger partial charge in [0.05, 0.1) is 21.9 Å². The normalized spacial score (nSPS) is 19.2. The van der Waals surface area contributed by atoms with Crippen LogP contribution in [-0.2, 0) is 15.6 Å². The van der Waals surface area contributed by atoms with Gasteiger partial charge in [-0.3, -0.25) is 15.0 Å². The summed E-state index contributed by atoms with van der Waals surface area (Å²) in [5.41, 5.74) is 2.54. The standard InChI is InChI=1S/C13H10N2O3S2/c16-13-8-5-19-12-7-3-1-2-4-10(7)20(17,18)6-9(12)11(8)14-15-13/h1-4H,5-6H2,(H2,14,15,16). The second-order valence-electron chi connectivity index (χ2n) is 4.78. The highest BCUT2D eigenvalue weighted by Gasteiger charge is 2.35. The van der Waals surface area contributed by atoms with E-state index in [1.165, 1.54) is 11.8 Å². The van der Waals surface area contributed by atoms with Crippen molar-refractivity contribution >= 4 is 32.1 Å². The van der Waals surface area contributed by atoms with E-state index in [4.69, 9.17) is 0 Å². The highest BCUT2D eigenvalue weighted by atomic mass is 32.2. The molecule has 1 aromatic heterocycles. The number of nitrogens with one attached hydrogen (secondary N) is 2. The highest BCUT2D eigenvalue weighted by Crippen LogP contribution is 2.47. The lowest BCUT2D eigenvalue weighted by molar-refractivity contribution is 0.598. The molecule has 0 saturated carbocycles. The number of hydrogen-bond acceptors (Lipinski definition) is 4. The van der Waals surface area contributed by atoms with E-state index in [9.17, 15) is 13.2 Å². The largest absolute Gasteiger partial charge is 0.297 e. The molecule has 102 valence electrons. The van der Waals surface area contributed by atoms with Crippen LogP contribution in [0.5, 0.6) is 0 Å². The molecule has 5 nitrogen and oxygen atoms in total. The van der Waals surface area contributed by atoms with Crippen LogP contribution in [0.3, 0.4) is 0 Å². The van der Waals surface area contributed by atoms with Crippen molar-refractivity contribution in [1.82, 2.24) is 10.2 Å². The molecule has 0 atom stereocenters. The van der Waals surface area contributed by atoms with E-state index in [-0.39, 0.29) is 11.3 Å². The summed E-state index contributed by atoms with van der Waals surface area (Å²) in [6, 6.07) is 7.04. The van der Waals surface area contributed by atoms with Crippen LogP contribution in [-0.4, -0.2) is 24.4 Å². The second kappa shape index (κ2) is 3.89. The van der Waals surface area contributed by atoms with E-state index >= 15 is 0 Å². The Kier molecular flexibility index (Phi) is 2.34. The molecule has 2 aliphatic heterocycles. The minimum Gasteiger partial charge on any atom is -0.297 e. The Morgan fingerprint density at radius 2 is 1.95 bits per heavy atom. The van der Waals surface area contributed by atoms with Crippen molar-refractivity contribution < 1.29 is 8.42 Å². The Morgan fingerprint density at radius 1 is 1.15 bits per heavy atom. The van der Waals surface area contributed by atoms with Crippen LogP contribution in [0.4, 0.5) is 0 Å². The first kappa shape index (κ1) is 12.0. The van der Waals surface area contributed by atoms with Gasteiger partial charge in [-0.25, -0.2) is 8.42 Å². The zero-order chi connectivity index (χ0) is 13.9. The van der Waals surface area contributed by atoms with Crippen molar-refractivity contribution in [2.75, 3.05) is 5.75 Å². The molecule has 0 aliphatic carbocycles. The number of hydrogen-bond donors (Lipinski definition) is 2. The highest BCUT2D eigenvalue weighted by molar-refractivity contribution is 8.08. The van der Waals surface area contributed by atoms with Crippen LogP contribution >= 0.6 is 11.8 Å².